The summed E-state index contributed by atoms with van der Waals surface area (Å²) in [5.74, 6) is 0.698. The molecule has 1 aliphatic carbocycles. The Hall–Kier alpha value is -0.940. The van der Waals surface area contributed by atoms with Gasteiger partial charge in [-0.15, -0.1) is 11.3 Å². The number of nitrogens with one attached hydrogen (secondary N) is 1. The van der Waals surface area contributed by atoms with E-state index in [-0.39, 0.29) is 0 Å². The van der Waals surface area contributed by atoms with Gasteiger partial charge in [0.1, 0.15) is 15.3 Å². The molecule has 0 saturated heterocycles. The van der Waals surface area contributed by atoms with Crippen molar-refractivity contribution in [1.82, 2.24) is 9.97 Å². The van der Waals surface area contributed by atoms with Crippen LogP contribution in [0.1, 0.15) is 23.8 Å². The number of thiazole rings is 1. The molecule has 17 heavy (non-hydrogen) atoms. The van der Waals surface area contributed by atoms with Gasteiger partial charge in [-0.25, -0.2) is 9.97 Å². The summed E-state index contributed by atoms with van der Waals surface area (Å²) in [7, 11) is 1.94. The lowest BCUT2D eigenvalue weighted by Gasteiger charge is -2.00. The Morgan fingerprint density at radius 2 is 2.24 bits per heavy atom. The fraction of sp³-hybridized carbons (Fsp3) is 0.333. The SMILES string of the molecule is CNc1sc(C2CC2)nc1-c1ccc(Br)nc1. The molecular formula is C12H12BrN3S. The van der Waals surface area contributed by atoms with Gasteiger partial charge in [-0.2, -0.15) is 0 Å². The number of pyridine rings is 1. The molecule has 2 aromatic rings. The van der Waals surface area contributed by atoms with Crippen molar-refractivity contribution in [2.24, 2.45) is 0 Å². The number of anilines is 1. The lowest BCUT2D eigenvalue weighted by atomic mass is 10.2. The minimum Gasteiger partial charge on any atom is -0.378 e. The molecule has 0 amide bonds. The molecular weight excluding hydrogens is 298 g/mol. The van der Waals surface area contributed by atoms with Gasteiger partial charge >= 0.3 is 0 Å². The first-order valence-electron chi connectivity index (χ1n) is 5.58. The lowest BCUT2D eigenvalue weighted by Crippen LogP contribution is -1.89. The number of hydrogen-bond donors (Lipinski definition) is 1. The van der Waals surface area contributed by atoms with Crippen molar-refractivity contribution in [2.45, 2.75) is 18.8 Å². The van der Waals surface area contributed by atoms with Crippen LogP contribution < -0.4 is 5.32 Å². The summed E-state index contributed by atoms with van der Waals surface area (Å²) < 4.78 is 0.852. The number of hydrogen-bond acceptors (Lipinski definition) is 4. The van der Waals surface area contributed by atoms with Crippen molar-refractivity contribution in [3.8, 4) is 11.3 Å². The molecule has 1 fully saturated rings. The molecule has 3 nitrogen and oxygen atoms in total. The van der Waals surface area contributed by atoms with Gasteiger partial charge in [-0.3, -0.25) is 0 Å². The standard InChI is InChI=1S/C12H12BrN3S/c1-14-12-10(8-4-5-9(13)15-6-8)16-11(17-12)7-2-3-7/h4-7,14H,2-3H2,1H3. The van der Waals surface area contributed by atoms with Gasteiger partial charge < -0.3 is 5.32 Å². The van der Waals surface area contributed by atoms with Crippen LogP contribution in [0, 0.1) is 0 Å². The molecule has 0 bridgehead atoms. The van der Waals surface area contributed by atoms with E-state index in [0.29, 0.717) is 5.92 Å². The van der Waals surface area contributed by atoms with E-state index in [1.807, 2.05) is 25.4 Å². The van der Waals surface area contributed by atoms with Crippen molar-refractivity contribution in [1.29, 1.82) is 0 Å². The fourth-order valence-corrected chi connectivity index (χ4v) is 3.07. The Morgan fingerprint density at radius 1 is 1.41 bits per heavy atom. The molecule has 1 aliphatic rings. The minimum absolute atomic E-state index is 0.698. The highest BCUT2D eigenvalue weighted by Crippen LogP contribution is 2.45. The Morgan fingerprint density at radius 3 is 2.82 bits per heavy atom. The number of rotatable bonds is 3. The maximum atomic E-state index is 4.74. The molecule has 2 heterocycles. The summed E-state index contributed by atoms with van der Waals surface area (Å²) in [5.41, 5.74) is 2.10. The van der Waals surface area contributed by atoms with E-state index in [9.17, 15) is 0 Å². The summed E-state index contributed by atoms with van der Waals surface area (Å²) in [4.78, 5) is 9.00. The van der Waals surface area contributed by atoms with Crippen LogP contribution in [0.4, 0.5) is 5.00 Å². The summed E-state index contributed by atoms with van der Waals surface area (Å²) in [6.45, 7) is 0. The Kier molecular flexibility index (Phi) is 2.88. The van der Waals surface area contributed by atoms with Crippen molar-refractivity contribution in [3.63, 3.8) is 0 Å². The third kappa shape index (κ3) is 2.21. The topological polar surface area (TPSA) is 37.8 Å². The van der Waals surface area contributed by atoms with Gasteiger partial charge in [0.2, 0.25) is 0 Å². The zero-order valence-electron chi connectivity index (χ0n) is 9.40. The average Bonchev–Trinajstić information content (AvgIpc) is 3.10. The number of halogens is 1. The summed E-state index contributed by atoms with van der Waals surface area (Å²) >= 11 is 5.11. The molecule has 5 heteroatoms. The monoisotopic (exact) mass is 309 g/mol. The highest BCUT2D eigenvalue weighted by molar-refractivity contribution is 9.10. The third-order valence-corrected chi connectivity index (χ3v) is 4.50. The number of nitrogens with zero attached hydrogens (tertiary/aromatic N) is 2. The second kappa shape index (κ2) is 4.38. The predicted octanol–water partition coefficient (Wildman–Crippen LogP) is 3.89. The molecule has 0 aliphatic heterocycles. The van der Waals surface area contributed by atoms with Crippen molar-refractivity contribution >= 4 is 32.3 Å². The Balaban J connectivity index is 2.02. The summed E-state index contributed by atoms with van der Waals surface area (Å²) in [6.07, 6.45) is 4.43. The molecule has 2 aromatic heterocycles. The van der Waals surface area contributed by atoms with Crippen LogP contribution in [0.2, 0.25) is 0 Å². The highest BCUT2D eigenvalue weighted by Gasteiger charge is 2.28. The van der Waals surface area contributed by atoms with E-state index in [0.717, 1.165) is 20.9 Å². The molecule has 0 radical (unpaired) electrons. The van der Waals surface area contributed by atoms with E-state index >= 15 is 0 Å². The van der Waals surface area contributed by atoms with Gasteiger partial charge in [0.05, 0.1) is 5.01 Å². The van der Waals surface area contributed by atoms with Crippen LogP contribution in [0.3, 0.4) is 0 Å². The molecule has 0 atom stereocenters. The number of aromatic nitrogens is 2. The van der Waals surface area contributed by atoms with Crippen molar-refractivity contribution in [2.75, 3.05) is 12.4 Å². The molecule has 1 N–H and O–H groups in total. The van der Waals surface area contributed by atoms with E-state index in [1.165, 1.54) is 17.8 Å². The zero-order valence-corrected chi connectivity index (χ0v) is 11.8. The van der Waals surface area contributed by atoms with Crippen LogP contribution in [0.5, 0.6) is 0 Å². The predicted molar refractivity (Wildman–Crippen MR) is 74.6 cm³/mol. The van der Waals surface area contributed by atoms with E-state index in [1.54, 1.807) is 11.3 Å². The van der Waals surface area contributed by atoms with E-state index in [2.05, 4.69) is 26.2 Å². The molecule has 0 unspecified atom stereocenters. The van der Waals surface area contributed by atoms with Gasteiger partial charge in [-0.1, -0.05) is 0 Å². The quantitative estimate of drug-likeness (QED) is 0.874. The first-order valence-corrected chi connectivity index (χ1v) is 7.19. The molecule has 1 saturated carbocycles. The van der Waals surface area contributed by atoms with Crippen molar-refractivity contribution in [3.05, 3.63) is 27.9 Å². The van der Waals surface area contributed by atoms with Crippen molar-refractivity contribution < 1.29 is 0 Å². The van der Waals surface area contributed by atoms with Gasteiger partial charge in [-0.05, 0) is 40.9 Å². The first-order chi connectivity index (χ1) is 8.28. The molecule has 0 spiro atoms. The molecule has 3 rings (SSSR count). The summed E-state index contributed by atoms with van der Waals surface area (Å²) in [6, 6.07) is 3.99. The average molecular weight is 310 g/mol. The van der Waals surface area contributed by atoms with Crippen LogP contribution in [0.15, 0.2) is 22.9 Å². The fourth-order valence-electron chi connectivity index (χ4n) is 1.72. The van der Waals surface area contributed by atoms with Crippen LogP contribution >= 0.6 is 27.3 Å². The van der Waals surface area contributed by atoms with E-state index in [4.69, 9.17) is 4.98 Å². The van der Waals surface area contributed by atoms with Gasteiger partial charge in [0.15, 0.2) is 0 Å². The normalized spacial score (nSPS) is 14.9. The molecule has 88 valence electrons. The van der Waals surface area contributed by atoms with Crippen LogP contribution in [-0.4, -0.2) is 17.0 Å². The van der Waals surface area contributed by atoms with Crippen LogP contribution in [0.25, 0.3) is 11.3 Å². The largest absolute Gasteiger partial charge is 0.378 e. The highest BCUT2D eigenvalue weighted by atomic mass is 79.9. The third-order valence-electron chi connectivity index (χ3n) is 2.80. The van der Waals surface area contributed by atoms with Crippen LogP contribution in [-0.2, 0) is 0 Å². The Labute approximate surface area is 112 Å². The molecule has 0 aromatic carbocycles. The van der Waals surface area contributed by atoms with Gasteiger partial charge in [0, 0.05) is 24.7 Å². The van der Waals surface area contributed by atoms with Gasteiger partial charge in [0.25, 0.3) is 0 Å². The lowest BCUT2D eigenvalue weighted by molar-refractivity contribution is 1.08. The second-order valence-electron chi connectivity index (χ2n) is 4.12. The van der Waals surface area contributed by atoms with E-state index < -0.39 is 0 Å². The maximum Gasteiger partial charge on any atom is 0.117 e. The Bertz CT molecular complexity index is 531. The maximum absolute atomic E-state index is 4.74. The zero-order chi connectivity index (χ0) is 11.8. The minimum atomic E-state index is 0.698. The summed E-state index contributed by atoms with van der Waals surface area (Å²) in [5, 5.41) is 5.62. The smallest absolute Gasteiger partial charge is 0.117 e. The first kappa shape index (κ1) is 11.2. The second-order valence-corrected chi connectivity index (χ2v) is 5.97.